The largest absolute Gasteiger partial charge is 0.496 e. The van der Waals surface area contributed by atoms with Crippen LogP contribution in [0.3, 0.4) is 0 Å². The molecule has 0 radical (unpaired) electrons. The average Bonchev–Trinajstić information content (AvgIpc) is 3.52. The number of likely N-dealkylation sites (tertiary alicyclic amines) is 1. The van der Waals surface area contributed by atoms with E-state index >= 15 is 0 Å². The lowest BCUT2D eigenvalue weighted by atomic mass is 9.97. The van der Waals surface area contributed by atoms with E-state index in [0.717, 1.165) is 86.4 Å². The number of hydrogen-bond donors (Lipinski definition) is 1. The predicted molar refractivity (Wildman–Crippen MR) is 144 cm³/mol. The van der Waals surface area contributed by atoms with Gasteiger partial charge in [0.25, 0.3) is 0 Å². The molecule has 3 aromatic rings. The first-order valence-electron chi connectivity index (χ1n) is 13.0. The fourth-order valence-electron chi connectivity index (χ4n) is 5.97. The third-order valence-electron chi connectivity index (χ3n) is 7.80. The molecule has 1 fully saturated rings. The fraction of sp³-hybridized carbons (Fsp3) is 0.448. The first-order chi connectivity index (χ1) is 17.5. The Morgan fingerprint density at radius 2 is 1.86 bits per heavy atom. The van der Waals surface area contributed by atoms with E-state index in [1.54, 1.807) is 20.3 Å². The summed E-state index contributed by atoms with van der Waals surface area (Å²) in [4.78, 5) is 19.0. The van der Waals surface area contributed by atoms with E-state index in [-0.39, 0.29) is 5.91 Å². The SMILES string of the molecule is CC/N=C1/CCc2c(CCN3CCC(n4ccc5ccc(C(N)=O)cc54)CC3)c(OC)cc(OC)c21. The Morgan fingerprint density at radius 3 is 2.56 bits per heavy atom. The number of aromatic nitrogens is 1. The molecule has 1 saturated heterocycles. The molecular formula is C29H36N4O3. The lowest BCUT2D eigenvalue weighted by molar-refractivity contribution is 0.100. The Hall–Kier alpha value is -3.32. The predicted octanol–water partition coefficient (Wildman–Crippen LogP) is 4.39. The molecule has 190 valence electrons. The molecule has 7 heteroatoms. The number of fused-ring (bicyclic) bond motifs is 2. The van der Waals surface area contributed by atoms with Gasteiger partial charge >= 0.3 is 0 Å². The second-order valence-electron chi connectivity index (χ2n) is 9.72. The quantitative estimate of drug-likeness (QED) is 0.510. The van der Waals surface area contributed by atoms with Gasteiger partial charge in [-0.3, -0.25) is 9.79 Å². The lowest BCUT2D eigenvalue weighted by Crippen LogP contribution is -2.36. The van der Waals surface area contributed by atoms with Crippen LogP contribution in [-0.2, 0) is 12.8 Å². The van der Waals surface area contributed by atoms with Crippen LogP contribution in [0, 0.1) is 0 Å². The van der Waals surface area contributed by atoms with E-state index in [1.807, 2.05) is 18.2 Å². The maximum atomic E-state index is 11.7. The molecule has 7 nitrogen and oxygen atoms in total. The Balaban J connectivity index is 1.29. The van der Waals surface area contributed by atoms with Crippen molar-refractivity contribution >= 4 is 22.5 Å². The van der Waals surface area contributed by atoms with Crippen LogP contribution in [0.15, 0.2) is 41.5 Å². The molecule has 2 N–H and O–H groups in total. The van der Waals surface area contributed by atoms with Gasteiger partial charge in [0.05, 0.1) is 14.2 Å². The van der Waals surface area contributed by atoms with E-state index in [1.165, 1.54) is 16.7 Å². The summed E-state index contributed by atoms with van der Waals surface area (Å²) in [6.45, 7) is 5.96. The summed E-state index contributed by atoms with van der Waals surface area (Å²) in [7, 11) is 3.47. The van der Waals surface area contributed by atoms with Gasteiger partial charge in [0.15, 0.2) is 0 Å². The summed E-state index contributed by atoms with van der Waals surface area (Å²) < 4.78 is 13.9. The van der Waals surface area contributed by atoms with Crippen LogP contribution in [0.25, 0.3) is 10.9 Å². The minimum absolute atomic E-state index is 0.381. The van der Waals surface area contributed by atoms with Gasteiger partial charge in [0.2, 0.25) is 5.91 Å². The van der Waals surface area contributed by atoms with Crippen molar-refractivity contribution in [2.24, 2.45) is 10.7 Å². The molecule has 0 spiro atoms. The minimum atomic E-state index is -0.381. The second kappa shape index (κ2) is 10.3. The third kappa shape index (κ3) is 4.48. The summed E-state index contributed by atoms with van der Waals surface area (Å²) in [6, 6.07) is 10.3. The maximum Gasteiger partial charge on any atom is 0.248 e. The van der Waals surface area contributed by atoms with Gasteiger partial charge in [-0.25, -0.2) is 0 Å². The maximum absolute atomic E-state index is 11.7. The van der Waals surface area contributed by atoms with Crippen molar-refractivity contribution in [3.8, 4) is 11.5 Å². The zero-order valence-corrected chi connectivity index (χ0v) is 21.5. The highest BCUT2D eigenvalue weighted by atomic mass is 16.5. The normalized spacial score (nSPS) is 17.6. The molecular weight excluding hydrogens is 452 g/mol. The van der Waals surface area contributed by atoms with Crippen LogP contribution < -0.4 is 15.2 Å². The van der Waals surface area contributed by atoms with Crippen molar-refractivity contribution < 1.29 is 14.3 Å². The van der Waals surface area contributed by atoms with Gasteiger partial charge in [0, 0.05) is 66.8 Å². The van der Waals surface area contributed by atoms with Gasteiger partial charge in [-0.05, 0) is 73.7 Å². The minimum Gasteiger partial charge on any atom is -0.496 e. The molecule has 0 saturated carbocycles. The summed E-state index contributed by atoms with van der Waals surface area (Å²) >= 11 is 0. The van der Waals surface area contributed by atoms with Crippen molar-refractivity contribution in [2.45, 2.75) is 45.1 Å². The van der Waals surface area contributed by atoms with Gasteiger partial charge < -0.3 is 24.7 Å². The van der Waals surface area contributed by atoms with Crippen LogP contribution in [0.2, 0.25) is 0 Å². The molecule has 0 bridgehead atoms. The monoisotopic (exact) mass is 488 g/mol. The highest BCUT2D eigenvalue weighted by Crippen LogP contribution is 2.40. The zero-order valence-electron chi connectivity index (χ0n) is 21.5. The Morgan fingerprint density at radius 1 is 1.08 bits per heavy atom. The summed E-state index contributed by atoms with van der Waals surface area (Å²) in [5, 5.41) is 1.15. The number of rotatable bonds is 8. The van der Waals surface area contributed by atoms with Crippen molar-refractivity contribution in [1.29, 1.82) is 0 Å². The number of primary amides is 1. The molecule has 2 aliphatic rings. The molecule has 2 aromatic carbocycles. The molecule has 1 amide bonds. The van der Waals surface area contributed by atoms with E-state index in [2.05, 4.69) is 28.7 Å². The molecule has 5 rings (SSSR count). The zero-order chi connectivity index (χ0) is 25.2. The number of methoxy groups -OCH3 is 2. The number of nitrogens with zero attached hydrogens (tertiary/aromatic N) is 3. The average molecular weight is 489 g/mol. The van der Waals surface area contributed by atoms with Crippen molar-refractivity contribution in [1.82, 2.24) is 9.47 Å². The highest BCUT2D eigenvalue weighted by molar-refractivity contribution is 6.07. The Kier molecular flexibility index (Phi) is 7.01. The third-order valence-corrected chi connectivity index (χ3v) is 7.80. The van der Waals surface area contributed by atoms with Crippen LogP contribution in [0.5, 0.6) is 11.5 Å². The number of amides is 1. The van der Waals surface area contributed by atoms with Crippen LogP contribution in [0.1, 0.15) is 59.3 Å². The Labute approximate surface area is 212 Å². The lowest BCUT2D eigenvalue weighted by Gasteiger charge is -2.33. The number of carbonyl (C=O) groups excluding carboxylic acids is 1. The standard InChI is InChI=1S/C29H36N4O3/c1-4-31-24-8-7-23-22(26(35-2)18-27(36-3)28(23)24)12-15-32-13-10-21(11-14-32)33-16-9-19-5-6-20(29(30)34)17-25(19)33/h5-6,9,16-18,21H,4,7-8,10-15H2,1-3H3,(H2,30,34)/b31-24-. The first kappa shape index (κ1) is 24.4. The topological polar surface area (TPSA) is 82.1 Å². The van der Waals surface area contributed by atoms with Gasteiger partial charge in [-0.15, -0.1) is 0 Å². The summed E-state index contributed by atoms with van der Waals surface area (Å²) in [5.41, 5.74) is 12.2. The van der Waals surface area contributed by atoms with Crippen molar-refractivity contribution in [3.05, 3.63) is 58.8 Å². The van der Waals surface area contributed by atoms with Crippen LogP contribution in [-0.4, -0.2) is 61.5 Å². The second-order valence-corrected chi connectivity index (χ2v) is 9.72. The van der Waals surface area contributed by atoms with Gasteiger partial charge in [-0.2, -0.15) is 0 Å². The van der Waals surface area contributed by atoms with Gasteiger partial charge in [0.1, 0.15) is 11.5 Å². The van der Waals surface area contributed by atoms with E-state index in [4.69, 9.17) is 20.2 Å². The molecule has 1 aliphatic carbocycles. The molecule has 2 heterocycles. The summed E-state index contributed by atoms with van der Waals surface area (Å²) in [6.07, 6.45) is 7.22. The van der Waals surface area contributed by atoms with E-state index < -0.39 is 0 Å². The molecule has 36 heavy (non-hydrogen) atoms. The molecule has 0 unspecified atom stereocenters. The number of nitrogens with two attached hydrogens (primary N) is 1. The van der Waals surface area contributed by atoms with E-state index in [0.29, 0.717) is 11.6 Å². The van der Waals surface area contributed by atoms with Crippen molar-refractivity contribution in [3.63, 3.8) is 0 Å². The number of hydrogen-bond acceptors (Lipinski definition) is 5. The summed E-state index contributed by atoms with van der Waals surface area (Å²) in [5.74, 6) is 1.41. The fourth-order valence-corrected chi connectivity index (χ4v) is 5.97. The number of benzene rings is 2. The highest BCUT2D eigenvalue weighted by Gasteiger charge is 2.28. The van der Waals surface area contributed by atoms with Crippen LogP contribution >= 0.6 is 0 Å². The Bertz CT molecular complexity index is 1300. The molecule has 1 aromatic heterocycles. The van der Waals surface area contributed by atoms with Crippen molar-refractivity contribution in [2.75, 3.05) is 40.4 Å². The number of piperidine rings is 1. The number of carbonyl (C=O) groups is 1. The first-order valence-corrected chi connectivity index (χ1v) is 13.0. The smallest absolute Gasteiger partial charge is 0.248 e. The van der Waals surface area contributed by atoms with Crippen LogP contribution in [0.4, 0.5) is 0 Å². The number of aliphatic imine (C=N–C) groups is 1. The van der Waals surface area contributed by atoms with E-state index in [9.17, 15) is 4.79 Å². The number of ether oxygens (including phenoxy) is 2. The molecule has 0 atom stereocenters. The molecule has 1 aliphatic heterocycles. The van der Waals surface area contributed by atoms with Gasteiger partial charge in [-0.1, -0.05) is 6.07 Å².